The normalized spacial score (nSPS) is 33.0. The van der Waals surface area contributed by atoms with Gasteiger partial charge >= 0.3 is 5.97 Å². The van der Waals surface area contributed by atoms with Crippen molar-refractivity contribution in [2.75, 3.05) is 38.2 Å². The summed E-state index contributed by atoms with van der Waals surface area (Å²) in [5.74, 6) is 0.610. The van der Waals surface area contributed by atoms with Crippen molar-refractivity contribution in [3.05, 3.63) is 24.3 Å². The van der Waals surface area contributed by atoms with Crippen LogP contribution in [-0.2, 0) is 29.1 Å². The summed E-state index contributed by atoms with van der Waals surface area (Å²) >= 11 is 3.96. The van der Waals surface area contributed by atoms with Crippen molar-refractivity contribution in [3.63, 3.8) is 0 Å². The van der Waals surface area contributed by atoms with Gasteiger partial charge in [-0.2, -0.15) is 4.31 Å². The lowest BCUT2D eigenvalue weighted by Gasteiger charge is -2.60. The van der Waals surface area contributed by atoms with Gasteiger partial charge in [-0.25, -0.2) is 8.42 Å². The lowest BCUT2D eigenvalue weighted by atomic mass is 9.49. The highest BCUT2D eigenvalue weighted by Gasteiger charge is 2.57. The van der Waals surface area contributed by atoms with Gasteiger partial charge in [-0.1, -0.05) is 15.9 Å². The number of sulfonamides is 1. The quantitative estimate of drug-likeness (QED) is 0.409. The van der Waals surface area contributed by atoms with E-state index in [0.29, 0.717) is 50.2 Å². The maximum atomic E-state index is 12.7. The first-order valence-electron chi connectivity index (χ1n) is 12.0. The number of anilines is 1. The number of hydrogen-bond acceptors (Lipinski definition) is 6. The lowest BCUT2D eigenvalue weighted by molar-refractivity contribution is -0.153. The van der Waals surface area contributed by atoms with Crippen LogP contribution in [0.25, 0.3) is 0 Å². The molecule has 4 saturated carbocycles. The molecule has 1 heterocycles. The van der Waals surface area contributed by atoms with Crippen molar-refractivity contribution in [2.24, 2.45) is 17.3 Å². The number of rotatable bonds is 7. The molecule has 186 valence electrons. The summed E-state index contributed by atoms with van der Waals surface area (Å²) in [6.45, 7) is 1.06. The molecule has 1 N–H and O–H groups in total. The van der Waals surface area contributed by atoms with Crippen LogP contribution in [0, 0.1) is 17.3 Å². The molecule has 2 unspecified atom stereocenters. The highest BCUT2D eigenvalue weighted by atomic mass is 79.9. The smallest absolute Gasteiger partial charge is 0.306 e. The molecule has 0 spiro atoms. The molecule has 1 amide bonds. The summed E-state index contributed by atoms with van der Waals surface area (Å²) in [5.41, 5.74) is 0.451. The third-order valence-corrected chi connectivity index (χ3v) is 10.6. The number of nitrogens with zero attached hydrogens (tertiary/aromatic N) is 1. The Labute approximate surface area is 208 Å². The minimum absolute atomic E-state index is 0.00292. The average molecular weight is 555 g/mol. The molecule has 1 aliphatic heterocycles. The largest absolute Gasteiger partial charge is 0.456 e. The zero-order valence-corrected chi connectivity index (χ0v) is 21.5. The molecule has 4 aliphatic carbocycles. The van der Waals surface area contributed by atoms with E-state index >= 15 is 0 Å². The second kappa shape index (κ2) is 9.19. The van der Waals surface area contributed by atoms with Gasteiger partial charge in [0.05, 0.1) is 24.5 Å². The minimum Gasteiger partial charge on any atom is -0.456 e. The maximum Gasteiger partial charge on any atom is 0.306 e. The number of carbonyl (C=O) groups excluding carboxylic acids is 2. The number of morpholine rings is 1. The second-order valence-corrected chi connectivity index (χ2v) is 14.2. The zero-order chi connectivity index (χ0) is 24.0. The molecule has 5 aliphatic rings. The van der Waals surface area contributed by atoms with Crippen LogP contribution in [-0.4, -0.2) is 61.8 Å². The molecule has 34 heavy (non-hydrogen) atoms. The summed E-state index contributed by atoms with van der Waals surface area (Å²) in [6, 6.07) is 6.01. The summed E-state index contributed by atoms with van der Waals surface area (Å²) in [7, 11) is -3.59. The van der Waals surface area contributed by atoms with E-state index in [1.165, 1.54) is 47.8 Å². The maximum absolute atomic E-state index is 12.7. The molecule has 4 bridgehead atoms. The Balaban J connectivity index is 1.11. The van der Waals surface area contributed by atoms with E-state index in [1.54, 1.807) is 0 Å². The SMILES string of the molecule is O=C(COC(=O)CC12CC3CC(CC(Br)(C3)C1)C2)Nc1ccc(S(=O)(=O)N2CCOCC2)cc1. The van der Waals surface area contributed by atoms with Crippen LogP contribution in [0.5, 0.6) is 0 Å². The minimum atomic E-state index is -3.59. The van der Waals surface area contributed by atoms with E-state index < -0.39 is 15.9 Å². The topological polar surface area (TPSA) is 102 Å². The van der Waals surface area contributed by atoms with Crippen molar-refractivity contribution in [2.45, 2.75) is 54.2 Å². The predicted octanol–water partition coefficient (Wildman–Crippen LogP) is 3.31. The first-order valence-corrected chi connectivity index (χ1v) is 14.2. The number of ether oxygens (including phenoxy) is 2. The first-order chi connectivity index (χ1) is 16.1. The van der Waals surface area contributed by atoms with Gasteiger partial charge in [0, 0.05) is 23.1 Å². The molecule has 0 radical (unpaired) electrons. The van der Waals surface area contributed by atoms with E-state index in [1.807, 2.05) is 0 Å². The van der Waals surface area contributed by atoms with Crippen LogP contribution in [0.15, 0.2) is 29.2 Å². The van der Waals surface area contributed by atoms with Gasteiger partial charge in [-0.15, -0.1) is 0 Å². The fourth-order valence-corrected chi connectivity index (χ4v) is 9.81. The highest BCUT2D eigenvalue weighted by molar-refractivity contribution is 9.10. The van der Waals surface area contributed by atoms with Gasteiger partial charge < -0.3 is 14.8 Å². The Bertz CT molecular complexity index is 1040. The molecule has 1 saturated heterocycles. The van der Waals surface area contributed by atoms with Crippen LogP contribution < -0.4 is 5.32 Å². The third-order valence-electron chi connectivity index (χ3n) is 7.74. The molecular weight excluding hydrogens is 524 g/mol. The van der Waals surface area contributed by atoms with Gasteiger partial charge in [0.1, 0.15) is 0 Å². The van der Waals surface area contributed by atoms with Gasteiger partial charge in [0.2, 0.25) is 10.0 Å². The summed E-state index contributed by atoms with van der Waals surface area (Å²) in [4.78, 5) is 25.1. The average Bonchev–Trinajstić information content (AvgIpc) is 2.77. The Hall–Kier alpha value is -1.49. The van der Waals surface area contributed by atoms with E-state index in [4.69, 9.17) is 9.47 Å². The van der Waals surface area contributed by atoms with E-state index in [0.717, 1.165) is 19.3 Å². The number of carbonyl (C=O) groups is 2. The Morgan fingerprint density at radius 1 is 1.09 bits per heavy atom. The number of halogens is 1. The van der Waals surface area contributed by atoms with Crippen molar-refractivity contribution < 1.29 is 27.5 Å². The van der Waals surface area contributed by atoms with Gasteiger partial charge in [-0.05, 0) is 80.0 Å². The Kier molecular flexibility index (Phi) is 6.54. The van der Waals surface area contributed by atoms with Crippen LogP contribution in [0.1, 0.15) is 44.9 Å². The van der Waals surface area contributed by atoms with Gasteiger partial charge in [0.25, 0.3) is 5.91 Å². The van der Waals surface area contributed by atoms with Crippen LogP contribution >= 0.6 is 15.9 Å². The van der Waals surface area contributed by atoms with Gasteiger partial charge in [0.15, 0.2) is 6.61 Å². The molecule has 1 aromatic carbocycles. The third kappa shape index (κ3) is 5.05. The van der Waals surface area contributed by atoms with E-state index in [2.05, 4.69) is 21.2 Å². The number of hydrogen-bond donors (Lipinski definition) is 1. The Morgan fingerprint density at radius 3 is 2.35 bits per heavy atom. The zero-order valence-electron chi connectivity index (χ0n) is 19.1. The van der Waals surface area contributed by atoms with E-state index in [9.17, 15) is 18.0 Å². The van der Waals surface area contributed by atoms with Crippen molar-refractivity contribution in [1.29, 1.82) is 0 Å². The standard InChI is InChI=1S/C24H31BrN2O6S/c25-24-12-17-9-18(13-24)11-23(10-17,16-24)14-22(29)33-15-21(28)26-19-1-3-20(4-2-19)34(30,31)27-5-7-32-8-6-27/h1-4,17-18H,5-16H2,(H,26,28). The number of nitrogens with one attached hydrogen (secondary N) is 1. The van der Waals surface area contributed by atoms with Crippen LogP contribution in [0.3, 0.4) is 0 Å². The molecule has 6 rings (SSSR count). The number of esters is 1. The monoisotopic (exact) mass is 554 g/mol. The van der Waals surface area contributed by atoms with Crippen molar-refractivity contribution >= 4 is 43.5 Å². The van der Waals surface area contributed by atoms with Crippen LogP contribution in [0.2, 0.25) is 0 Å². The fourth-order valence-electron chi connectivity index (χ4n) is 6.89. The highest BCUT2D eigenvalue weighted by Crippen LogP contribution is 2.65. The summed E-state index contributed by atoms with van der Waals surface area (Å²) < 4.78 is 37.5. The molecule has 8 nitrogen and oxygen atoms in total. The number of amides is 1. The number of alkyl halides is 1. The molecular formula is C24H31BrN2O6S. The van der Waals surface area contributed by atoms with E-state index in [-0.39, 0.29) is 27.2 Å². The summed E-state index contributed by atoms with van der Waals surface area (Å²) in [5, 5.41) is 2.67. The fraction of sp³-hybridized carbons (Fsp3) is 0.667. The van der Waals surface area contributed by atoms with Crippen LogP contribution in [0.4, 0.5) is 5.69 Å². The molecule has 0 aromatic heterocycles. The molecule has 2 atom stereocenters. The van der Waals surface area contributed by atoms with Crippen molar-refractivity contribution in [3.8, 4) is 0 Å². The number of benzene rings is 1. The summed E-state index contributed by atoms with van der Waals surface area (Å²) in [6.07, 6.45) is 7.22. The van der Waals surface area contributed by atoms with Crippen molar-refractivity contribution in [1.82, 2.24) is 4.31 Å². The molecule has 5 fully saturated rings. The molecule has 10 heteroatoms. The predicted molar refractivity (Wildman–Crippen MR) is 129 cm³/mol. The molecule has 1 aromatic rings. The Morgan fingerprint density at radius 2 is 1.74 bits per heavy atom. The van der Waals surface area contributed by atoms with Gasteiger partial charge in [-0.3, -0.25) is 9.59 Å². The second-order valence-electron chi connectivity index (χ2n) is 10.5. The first kappa shape index (κ1) is 24.2. The lowest BCUT2D eigenvalue weighted by Crippen LogP contribution is -2.53.